The fourth-order valence-corrected chi connectivity index (χ4v) is 3.36. The SMILES string of the molecule is CN=C(NCC(c1cccc(OC)c1)N1CCCC1)NCC(C)(C)SC.I. The number of benzene rings is 1. The lowest BCUT2D eigenvalue weighted by Gasteiger charge is -2.30. The average Bonchev–Trinajstić information content (AvgIpc) is 3.19. The Balaban J connectivity index is 0.00000364. The molecule has 5 nitrogen and oxygen atoms in total. The maximum atomic E-state index is 5.43. The molecule has 1 atom stereocenters. The number of hydrogen-bond donors (Lipinski definition) is 2. The number of nitrogens with zero attached hydrogens (tertiary/aromatic N) is 2. The molecule has 2 rings (SSSR count). The summed E-state index contributed by atoms with van der Waals surface area (Å²) < 4.78 is 5.60. The first kappa shape index (κ1) is 24.4. The van der Waals surface area contributed by atoms with Crippen molar-refractivity contribution in [3.8, 4) is 5.75 Å². The molecule has 1 aliphatic heterocycles. The minimum absolute atomic E-state index is 0. The molecule has 0 saturated carbocycles. The van der Waals surface area contributed by atoms with Crippen molar-refractivity contribution in [2.24, 2.45) is 4.99 Å². The number of rotatable bonds is 8. The first-order valence-corrected chi connectivity index (χ1v) is 10.6. The molecule has 0 spiro atoms. The number of methoxy groups -OCH3 is 1. The van der Waals surface area contributed by atoms with Crippen LogP contribution in [0.3, 0.4) is 0 Å². The maximum absolute atomic E-state index is 5.43. The molecule has 1 aliphatic rings. The molecular formula is C20H35IN4OS. The molecular weight excluding hydrogens is 471 g/mol. The predicted molar refractivity (Wildman–Crippen MR) is 129 cm³/mol. The molecule has 1 fully saturated rings. The van der Waals surface area contributed by atoms with Crippen molar-refractivity contribution < 1.29 is 4.74 Å². The third-order valence-electron chi connectivity index (χ3n) is 4.98. The van der Waals surface area contributed by atoms with Crippen molar-refractivity contribution in [3.05, 3.63) is 29.8 Å². The highest BCUT2D eigenvalue weighted by Crippen LogP contribution is 2.27. The van der Waals surface area contributed by atoms with Gasteiger partial charge >= 0.3 is 0 Å². The summed E-state index contributed by atoms with van der Waals surface area (Å²) >= 11 is 1.86. The highest BCUT2D eigenvalue weighted by molar-refractivity contribution is 14.0. The third kappa shape index (κ3) is 7.69. The van der Waals surface area contributed by atoms with E-state index in [0.29, 0.717) is 6.04 Å². The second-order valence-electron chi connectivity index (χ2n) is 7.31. The number of nitrogens with one attached hydrogen (secondary N) is 2. The largest absolute Gasteiger partial charge is 0.497 e. The molecule has 0 aliphatic carbocycles. The molecule has 1 aromatic rings. The Hall–Kier alpha value is -0.670. The van der Waals surface area contributed by atoms with Gasteiger partial charge in [0.1, 0.15) is 5.75 Å². The van der Waals surface area contributed by atoms with Gasteiger partial charge in [-0.3, -0.25) is 9.89 Å². The summed E-state index contributed by atoms with van der Waals surface area (Å²) in [6.45, 7) is 8.47. The van der Waals surface area contributed by atoms with E-state index in [2.05, 4.69) is 58.8 Å². The Bertz CT molecular complexity index is 591. The zero-order valence-electron chi connectivity index (χ0n) is 17.2. The third-order valence-corrected chi connectivity index (χ3v) is 6.23. The van der Waals surface area contributed by atoms with E-state index < -0.39 is 0 Å². The number of likely N-dealkylation sites (tertiary alicyclic amines) is 1. The van der Waals surface area contributed by atoms with E-state index in [1.54, 1.807) is 7.11 Å². The molecule has 7 heteroatoms. The van der Waals surface area contributed by atoms with Crippen LogP contribution in [-0.4, -0.2) is 62.2 Å². The van der Waals surface area contributed by atoms with Gasteiger partial charge in [0.15, 0.2) is 5.96 Å². The standard InChI is InChI=1S/C20H34N4OS.HI/c1-20(2,26-5)15-23-19(21-3)22-14-18(24-11-6-7-12-24)16-9-8-10-17(13-16)25-4;/h8-10,13,18H,6-7,11-12,14-15H2,1-5H3,(H2,21,22,23);1H. The van der Waals surface area contributed by atoms with E-state index in [0.717, 1.165) is 37.9 Å². The van der Waals surface area contributed by atoms with Gasteiger partial charge in [-0.2, -0.15) is 11.8 Å². The van der Waals surface area contributed by atoms with Crippen LogP contribution < -0.4 is 15.4 Å². The van der Waals surface area contributed by atoms with Gasteiger partial charge in [-0.15, -0.1) is 24.0 Å². The topological polar surface area (TPSA) is 48.9 Å². The molecule has 0 amide bonds. The highest BCUT2D eigenvalue weighted by atomic mass is 127. The van der Waals surface area contributed by atoms with Crippen LogP contribution in [-0.2, 0) is 0 Å². The van der Waals surface area contributed by atoms with Crippen molar-refractivity contribution in [2.45, 2.75) is 37.5 Å². The molecule has 0 radical (unpaired) electrons. The maximum Gasteiger partial charge on any atom is 0.191 e. The van der Waals surface area contributed by atoms with Gasteiger partial charge in [-0.25, -0.2) is 0 Å². The van der Waals surface area contributed by atoms with Gasteiger partial charge in [0, 0.05) is 24.9 Å². The van der Waals surface area contributed by atoms with Crippen molar-refractivity contribution in [1.29, 1.82) is 0 Å². The Morgan fingerprint density at radius 1 is 1.30 bits per heavy atom. The second kappa shape index (κ2) is 12.0. The number of hydrogen-bond acceptors (Lipinski definition) is 4. The summed E-state index contributed by atoms with van der Waals surface area (Å²) in [7, 11) is 3.55. The molecule has 1 aromatic carbocycles. The number of thioether (sulfide) groups is 1. The number of halogens is 1. The van der Waals surface area contributed by atoms with Crippen LogP contribution in [0.25, 0.3) is 0 Å². The summed E-state index contributed by atoms with van der Waals surface area (Å²) in [4.78, 5) is 6.95. The summed E-state index contributed by atoms with van der Waals surface area (Å²) in [5.74, 6) is 1.77. The fraction of sp³-hybridized carbons (Fsp3) is 0.650. The van der Waals surface area contributed by atoms with E-state index in [9.17, 15) is 0 Å². The molecule has 0 bridgehead atoms. The van der Waals surface area contributed by atoms with Crippen LogP contribution in [0.2, 0.25) is 0 Å². The van der Waals surface area contributed by atoms with Crippen molar-refractivity contribution in [2.75, 3.05) is 46.6 Å². The number of aliphatic imine (C=N–C) groups is 1. The summed E-state index contributed by atoms with van der Waals surface area (Å²) in [6, 6.07) is 8.74. The van der Waals surface area contributed by atoms with E-state index in [-0.39, 0.29) is 28.7 Å². The van der Waals surface area contributed by atoms with Gasteiger partial charge in [0.05, 0.1) is 13.2 Å². The van der Waals surface area contributed by atoms with Gasteiger partial charge in [-0.1, -0.05) is 12.1 Å². The molecule has 1 heterocycles. The normalized spacial score (nSPS) is 16.6. The molecule has 2 N–H and O–H groups in total. The van der Waals surface area contributed by atoms with Crippen LogP contribution in [0.15, 0.2) is 29.3 Å². The number of guanidine groups is 1. The quantitative estimate of drug-likeness (QED) is 0.320. The lowest BCUT2D eigenvalue weighted by atomic mass is 10.1. The van der Waals surface area contributed by atoms with Gasteiger partial charge in [-0.05, 0) is 63.7 Å². The molecule has 154 valence electrons. The molecule has 0 aromatic heterocycles. The van der Waals surface area contributed by atoms with Crippen molar-refractivity contribution in [1.82, 2.24) is 15.5 Å². The lowest BCUT2D eigenvalue weighted by molar-refractivity contribution is 0.245. The van der Waals surface area contributed by atoms with E-state index >= 15 is 0 Å². The van der Waals surface area contributed by atoms with Gasteiger partial charge in [0.2, 0.25) is 0 Å². The van der Waals surface area contributed by atoms with E-state index in [1.807, 2.05) is 24.9 Å². The van der Waals surface area contributed by atoms with E-state index in [1.165, 1.54) is 18.4 Å². The van der Waals surface area contributed by atoms with E-state index in [4.69, 9.17) is 4.74 Å². The molecule has 27 heavy (non-hydrogen) atoms. The highest BCUT2D eigenvalue weighted by Gasteiger charge is 2.24. The van der Waals surface area contributed by atoms with Crippen molar-refractivity contribution in [3.63, 3.8) is 0 Å². The smallest absolute Gasteiger partial charge is 0.191 e. The summed E-state index contributed by atoms with van der Waals surface area (Å²) in [5.41, 5.74) is 1.29. The zero-order valence-corrected chi connectivity index (χ0v) is 20.4. The van der Waals surface area contributed by atoms with Crippen LogP contribution in [0.1, 0.15) is 38.3 Å². The average molecular weight is 506 g/mol. The summed E-state index contributed by atoms with van der Waals surface area (Å²) in [5, 5.41) is 6.98. The first-order chi connectivity index (χ1) is 12.5. The molecule has 1 saturated heterocycles. The Morgan fingerprint density at radius 2 is 2.00 bits per heavy atom. The minimum Gasteiger partial charge on any atom is -0.497 e. The second-order valence-corrected chi connectivity index (χ2v) is 8.82. The predicted octanol–water partition coefficient (Wildman–Crippen LogP) is 3.76. The van der Waals surface area contributed by atoms with Gasteiger partial charge in [0.25, 0.3) is 0 Å². The monoisotopic (exact) mass is 506 g/mol. The minimum atomic E-state index is 0. The molecule has 1 unspecified atom stereocenters. The summed E-state index contributed by atoms with van der Waals surface area (Å²) in [6.07, 6.45) is 4.69. The zero-order chi connectivity index (χ0) is 19.0. The van der Waals surface area contributed by atoms with Crippen LogP contribution in [0.5, 0.6) is 5.75 Å². The lowest BCUT2D eigenvalue weighted by Crippen LogP contribution is -2.46. The van der Waals surface area contributed by atoms with Crippen molar-refractivity contribution >= 4 is 41.7 Å². The fourth-order valence-electron chi connectivity index (χ4n) is 3.14. The first-order valence-electron chi connectivity index (χ1n) is 9.37. The Kier molecular flexibility index (Phi) is 10.8. The van der Waals surface area contributed by atoms with Crippen LogP contribution >= 0.6 is 35.7 Å². The Labute approximate surface area is 186 Å². The van der Waals surface area contributed by atoms with Crippen LogP contribution in [0, 0.1) is 0 Å². The van der Waals surface area contributed by atoms with Crippen LogP contribution in [0.4, 0.5) is 0 Å². The van der Waals surface area contributed by atoms with Gasteiger partial charge < -0.3 is 15.4 Å². The Morgan fingerprint density at radius 3 is 2.59 bits per heavy atom. The number of ether oxygens (including phenoxy) is 1.